The first-order valence-electron chi connectivity index (χ1n) is 6.32. The molecule has 0 radical (unpaired) electrons. The smallest absolute Gasteiger partial charge is 0.224 e. The van der Waals surface area contributed by atoms with Crippen molar-refractivity contribution in [2.24, 2.45) is 0 Å². The van der Waals surface area contributed by atoms with Crippen LogP contribution in [0.25, 0.3) is 0 Å². The van der Waals surface area contributed by atoms with E-state index in [1.54, 1.807) is 11.3 Å². The van der Waals surface area contributed by atoms with Gasteiger partial charge in [-0.05, 0) is 38.8 Å². The maximum absolute atomic E-state index is 11.9. The lowest BCUT2D eigenvalue weighted by Crippen LogP contribution is -2.13. The topological polar surface area (TPSA) is 42.0 Å². The maximum atomic E-state index is 11.9. The van der Waals surface area contributed by atoms with E-state index >= 15 is 0 Å². The number of thiazole rings is 1. The molecule has 3 nitrogen and oxygen atoms in total. The van der Waals surface area contributed by atoms with Crippen LogP contribution < -0.4 is 5.32 Å². The highest BCUT2D eigenvalue weighted by atomic mass is 32.1. The molecule has 19 heavy (non-hydrogen) atoms. The Morgan fingerprint density at radius 2 is 2.11 bits per heavy atom. The molecule has 4 heteroatoms. The lowest BCUT2D eigenvalue weighted by atomic mass is 10.1. The molecule has 0 atom stereocenters. The van der Waals surface area contributed by atoms with Crippen LogP contribution in [0.15, 0.2) is 23.6 Å². The van der Waals surface area contributed by atoms with Crippen molar-refractivity contribution in [3.63, 3.8) is 0 Å². The molecule has 1 heterocycles. The van der Waals surface area contributed by atoms with Gasteiger partial charge in [0.25, 0.3) is 0 Å². The molecule has 2 aromatic rings. The van der Waals surface area contributed by atoms with Crippen molar-refractivity contribution in [2.45, 2.75) is 33.6 Å². The number of amides is 1. The fourth-order valence-electron chi connectivity index (χ4n) is 1.93. The van der Waals surface area contributed by atoms with Gasteiger partial charge in [-0.25, -0.2) is 4.98 Å². The number of aromatic nitrogens is 1. The predicted octanol–water partition coefficient (Wildman–Crippen LogP) is 3.64. The fraction of sp³-hybridized carbons (Fsp3) is 0.333. The quantitative estimate of drug-likeness (QED) is 0.925. The number of aryl methyl sites for hydroxylation is 4. The van der Waals surface area contributed by atoms with Crippen molar-refractivity contribution in [2.75, 3.05) is 5.32 Å². The molecule has 1 aromatic carbocycles. The number of anilines is 1. The predicted molar refractivity (Wildman–Crippen MR) is 79.7 cm³/mol. The molecule has 0 aliphatic carbocycles. The number of carbonyl (C=O) groups excluding carboxylic acids is 1. The summed E-state index contributed by atoms with van der Waals surface area (Å²) >= 11 is 1.62. The normalized spacial score (nSPS) is 10.5. The Morgan fingerprint density at radius 3 is 2.74 bits per heavy atom. The standard InChI is InChI=1S/C15H18N2OS/c1-10-4-6-14(11(2)8-10)17-15(18)7-5-13-9-19-12(3)16-13/h4,6,8-9H,5,7H2,1-3H3,(H,17,18). The summed E-state index contributed by atoms with van der Waals surface area (Å²) in [6.45, 7) is 6.03. The molecule has 0 unspecified atom stereocenters. The van der Waals surface area contributed by atoms with Crippen LogP contribution in [-0.2, 0) is 11.2 Å². The summed E-state index contributed by atoms with van der Waals surface area (Å²) in [6, 6.07) is 6.03. The van der Waals surface area contributed by atoms with Gasteiger partial charge in [-0.3, -0.25) is 4.79 Å². The minimum atomic E-state index is 0.0395. The average Bonchev–Trinajstić information content (AvgIpc) is 2.76. The van der Waals surface area contributed by atoms with Gasteiger partial charge in [-0.15, -0.1) is 11.3 Å². The van der Waals surface area contributed by atoms with Crippen molar-refractivity contribution in [3.8, 4) is 0 Å². The molecule has 0 aliphatic heterocycles. The Kier molecular flexibility index (Phi) is 4.32. The van der Waals surface area contributed by atoms with E-state index in [1.807, 2.05) is 38.3 Å². The molecule has 0 saturated heterocycles. The molecule has 1 aromatic heterocycles. The molecule has 100 valence electrons. The zero-order valence-electron chi connectivity index (χ0n) is 11.5. The zero-order chi connectivity index (χ0) is 13.8. The van der Waals surface area contributed by atoms with Gasteiger partial charge in [0.05, 0.1) is 10.7 Å². The molecule has 0 fully saturated rings. The van der Waals surface area contributed by atoms with E-state index in [1.165, 1.54) is 5.56 Å². The molecular weight excluding hydrogens is 256 g/mol. The van der Waals surface area contributed by atoms with Gasteiger partial charge in [0.2, 0.25) is 5.91 Å². The van der Waals surface area contributed by atoms with Crippen molar-refractivity contribution in [3.05, 3.63) is 45.4 Å². The molecular formula is C15H18N2OS. The van der Waals surface area contributed by atoms with Gasteiger partial charge in [0.15, 0.2) is 0 Å². The lowest BCUT2D eigenvalue weighted by molar-refractivity contribution is -0.116. The highest BCUT2D eigenvalue weighted by Gasteiger charge is 2.06. The molecule has 2 rings (SSSR count). The van der Waals surface area contributed by atoms with Crippen LogP contribution in [0.4, 0.5) is 5.69 Å². The second kappa shape index (κ2) is 5.97. The van der Waals surface area contributed by atoms with E-state index < -0.39 is 0 Å². The Balaban J connectivity index is 1.90. The van der Waals surface area contributed by atoms with Crippen LogP contribution >= 0.6 is 11.3 Å². The number of nitrogens with one attached hydrogen (secondary N) is 1. The second-order valence-corrected chi connectivity index (χ2v) is 5.79. The van der Waals surface area contributed by atoms with Crippen LogP contribution in [0.3, 0.4) is 0 Å². The first-order valence-corrected chi connectivity index (χ1v) is 7.20. The van der Waals surface area contributed by atoms with Crippen LogP contribution in [0.2, 0.25) is 0 Å². The average molecular weight is 274 g/mol. The van der Waals surface area contributed by atoms with Crippen LogP contribution in [0.5, 0.6) is 0 Å². The SMILES string of the molecule is Cc1ccc(NC(=O)CCc2csc(C)n2)c(C)c1. The summed E-state index contributed by atoms with van der Waals surface area (Å²) in [6.07, 6.45) is 1.16. The first kappa shape index (κ1) is 13.7. The van der Waals surface area contributed by atoms with E-state index in [-0.39, 0.29) is 5.91 Å². The first-order chi connectivity index (χ1) is 9.04. The monoisotopic (exact) mass is 274 g/mol. The van der Waals surface area contributed by atoms with Crippen LogP contribution in [0, 0.1) is 20.8 Å². The summed E-state index contributed by atoms with van der Waals surface area (Å²) in [7, 11) is 0. The highest BCUT2D eigenvalue weighted by molar-refractivity contribution is 7.09. The maximum Gasteiger partial charge on any atom is 0.224 e. The number of hydrogen-bond donors (Lipinski definition) is 1. The molecule has 0 bridgehead atoms. The van der Waals surface area contributed by atoms with Gasteiger partial charge in [0.1, 0.15) is 0 Å². The third-order valence-corrected chi connectivity index (χ3v) is 3.75. The minimum Gasteiger partial charge on any atom is -0.326 e. The van der Waals surface area contributed by atoms with E-state index in [2.05, 4.69) is 16.4 Å². The number of rotatable bonds is 4. The molecule has 0 spiro atoms. The molecule has 1 amide bonds. The van der Waals surface area contributed by atoms with E-state index in [9.17, 15) is 4.79 Å². The van der Waals surface area contributed by atoms with E-state index in [0.717, 1.165) is 22.0 Å². The number of nitrogens with zero attached hydrogens (tertiary/aromatic N) is 1. The summed E-state index contributed by atoms with van der Waals surface area (Å²) in [5.74, 6) is 0.0395. The van der Waals surface area contributed by atoms with Crippen molar-refractivity contribution in [1.29, 1.82) is 0 Å². The van der Waals surface area contributed by atoms with E-state index in [0.29, 0.717) is 12.8 Å². The largest absolute Gasteiger partial charge is 0.326 e. The Hall–Kier alpha value is -1.68. The van der Waals surface area contributed by atoms with Crippen molar-refractivity contribution in [1.82, 2.24) is 4.98 Å². The number of benzene rings is 1. The van der Waals surface area contributed by atoms with Crippen molar-refractivity contribution >= 4 is 22.9 Å². The lowest BCUT2D eigenvalue weighted by Gasteiger charge is -2.08. The molecule has 1 N–H and O–H groups in total. The van der Waals surface area contributed by atoms with E-state index in [4.69, 9.17) is 0 Å². The number of carbonyl (C=O) groups is 1. The minimum absolute atomic E-state index is 0.0395. The van der Waals surface area contributed by atoms with Gasteiger partial charge in [0, 0.05) is 17.5 Å². The van der Waals surface area contributed by atoms with Gasteiger partial charge >= 0.3 is 0 Å². The van der Waals surface area contributed by atoms with Crippen LogP contribution in [-0.4, -0.2) is 10.9 Å². The summed E-state index contributed by atoms with van der Waals surface area (Å²) < 4.78 is 0. The summed E-state index contributed by atoms with van der Waals surface area (Å²) in [5.41, 5.74) is 4.19. The molecule has 0 aliphatic rings. The van der Waals surface area contributed by atoms with Crippen LogP contribution in [0.1, 0.15) is 28.2 Å². The number of hydrogen-bond acceptors (Lipinski definition) is 3. The van der Waals surface area contributed by atoms with Gasteiger partial charge in [-0.2, -0.15) is 0 Å². The Morgan fingerprint density at radius 1 is 1.32 bits per heavy atom. The zero-order valence-corrected chi connectivity index (χ0v) is 12.3. The van der Waals surface area contributed by atoms with Gasteiger partial charge in [-0.1, -0.05) is 17.7 Å². The highest BCUT2D eigenvalue weighted by Crippen LogP contribution is 2.16. The van der Waals surface area contributed by atoms with Crippen molar-refractivity contribution < 1.29 is 4.79 Å². The Labute approximate surface area is 117 Å². The third-order valence-electron chi connectivity index (χ3n) is 2.93. The van der Waals surface area contributed by atoms with Gasteiger partial charge < -0.3 is 5.32 Å². The Bertz CT molecular complexity index is 590. The summed E-state index contributed by atoms with van der Waals surface area (Å²) in [5, 5.41) is 6.01. The second-order valence-electron chi connectivity index (χ2n) is 4.72. The third kappa shape index (κ3) is 3.89. The molecule has 0 saturated carbocycles. The fourth-order valence-corrected chi connectivity index (χ4v) is 2.58. The summed E-state index contributed by atoms with van der Waals surface area (Å²) in [4.78, 5) is 16.3.